The van der Waals surface area contributed by atoms with Crippen molar-refractivity contribution in [1.29, 1.82) is 0 Å². The van der Waals surface area contributed by atoms with E-state index in [1.807, 2.05) is 0 Å². The molecular formula is C14H18ClN. The van der Waals surface area contributed by atoms with Crippen LogP contribution in [0.15, 0.2) is 36.0 Å². The van der Waals surface area contributed by atoms with E-state index in [9.17, 15) is 0 Å². The normalized spacial score (nSPS) is 20.2. The minimum Gasteiger partial charge on any atom is -0.347 e. The van der Waals surface area contributed by atoms with E-state index in [2.05, 4.69) is 56.1 Å². The van der Waals surface area contributed by atoms with E-state index in [1.54, 1.807) is 0 Å². The first-order valence-corrected chi connectivity index (χ1v) is 6.22. The van der Waals surface area contributed by atoms with Crippen molar-refractivity contribution in [2.75, 3.05) is 17.8 Å². The second-order valence-electron chi connectivity index (χ2n) is 4.77. The Hall–Kier alpha value is -0.950. The summed E-state index contributed by atoms with van der Waals surface area (Å²) >= 11 is 5.77. The largest absolute Gasteiger partial charge is 0.347 e. The molecule has 0 bridgehead atoms. The molecule has 0 fully saturated rings. The third-order valence-electron chi connectivity index (χ3n) is 3.39. The number of fused-ring (bicyclic) bond motifs is 1. The number of rotatable bonds is 2. The highest BCUT2D eigenvalue weighted by molar-refractivity contribution is 6.17. The maximum Gasteiger partial charge on any atom is 0.0447 e. The molecule has 0 radical (unpaired) electrons. The van der Waals surface area contributed by atoms with Gasteiger partial charge in [0, 0.05) is 29.7 Å². The molecule has 1 aromatic rings. The van der Waals surface area contributed by atoms with Crippen molar-refractivity contribution in [3.05, 3.63) is 41.6 Å². The van der Waals surface area contributed by atoms with Gasteiger partial charge < -0.3 is 4.90 Å². The lowest BCUT2D eigenvalue weighted by molar-refractivity contribution is 0.636. The molecule has 0 amide bonds. The number of anilines is 1. The summed E-state index contributed by atoms with van der Waals surface area (Å²) in [6, 6.07) is 8.60. The summed E-state index contributed by atoms with van der Waals surface area (Å²) in [6.45, 7) is 4.55. The monoisotopic (exact) mass is 235 g/mol. The topological polar surface area (TPSA) is 3.24 Å². The van der Waals surface area contributed by atoms with E-state index >= 15 is 0 Å². The van der Waals surface area contributed by atoms with Crippen LogP contribution in [0.1, 0.15) is 25.8 Å². The van der Waals surface area contributed by atoms with Gasteiger partial charge in [-0.3, -0.25) is 0 Å². The van der Waals surface area contributed by atoms with Gasteiger partial charge in [0.05, 0.1) is 0 Å². The molecule has 0 spiro atoms. The molecule has 1 aliphatic rings. The van der Waals surface area contributed by atoms with E-state index in [-0.39, 0.29) is 5.41 Å². The van der Waals surface area contributed by atoms with E-state index in [4.69, 9.17) is 11.6 Å². The third-order valence-corrected chi connectivity index (χ3v) is 3.61. The number of para-hydroxylation sites is 1. The average Bonchev–Trinajstić information content (AvgIpc) is 2.46. The Labute approximate surface area is 103 Å². The van der Waals surface area contributed by atoms with Gasteiger partial charge in [0.25, 0.3) is 0 Å². The molecule has 0 saturated heterocycles. The van der Waals surface area contributed by atoms with Crippen LogP contribution in [-0.4, -0.2) is 12.9 Å². The maximum atomic E-state index is 5.77. The molecule has 0 aromatic heterocycles. The van der Waals surface area contributed by atoms with Crippen molar-refractivity contribution in [3.63, 3.8) is 0 Å². The SMILES string of the molecule is CN1C(=CCCCl)C(C)(C)c2ccccc21. The number of hydrogen-bond acceptors (Lipinski definition) is 1. The molecule has 0 saturated carbocycles. The average molecular weight is 236 g/mol. The van der Waals surface area contributed by atoms with Gasteiger partial charge in [0.1, 0.15) is 0 Å². The van der Waals surface area contributed by atoms with Gasteiger partial charge in [0.2, 0.25) is 0 Å². The van der Waals surface area contributed by atoms with Gasteiger partial charge in [0.15, 0.2) is 0 Å². The fraction of sp³-hybridized carbons (Fsp3) is 0.429. The first-order chi connectivity index (χ1) is 7.59. The highest BCUT2D eigenvalue weighted by Crippen LogP contribution is 2.46. The Morgan fingerprint density at radius 1 is 1.31 bits per heavy atom. The smallest absolute Gasteiger partial charge is 0.0447 e. The van der Waals surface area contributed by atoms with Gasteiger partial charge in [-0.25, -0.2) is 0 Å². The van der Waals surface area contributed by atoms with E-state index in [1.165, 1.54) is 16.9 Å². The molecule has 0 N–H and O–H groups in total. The predicted octanol–water partition coefficient (Wildman–Crippen LogP) is 3.93. The first kappa shape index (κ1) is 11.5. The van der Waals surface area contributed by atoms with Gasteiger partial charge in [-0.15, -0.1) is 11.6 Å². The van der Waals surface area contributed by atoms with Crippen LogP contribution >= 0.6 is 11.6 Å². The van der Waals surface area contributed by atoms with Crippen molar-refractivity contribution < 1.29 is 0 Å². The molecule has 0 unspecified atom stereocenters. The molecule has 1 aromatic carbocycles. The van der Waals surface area contributed by atoms with Crippen molar-refractivity contribution in [3.8, 4) is 0 Å². The number of benzene rings is 1. The number of likely N-dealkylation sites (N-methyl/N-ethyl adjacent to an activating group) is 1. The maximum absolute atomic E-state index is 5.77. The van der Waals surface area contributed by atoms with Crippen molar-refractivity contribution in [2.45, 2.75) is 25.7 Å². The molecule has 86 valence electrons. The lowest BCUT2D eigenvalue weighted by Crippen LogP contribution is -2.22. The molecular weight excluding hydrogens is 218 g/mol. The van der Waals surface area contributed by atoms with Gasteiger partial charge in [-0.05, 0) is 18.1 Å². The first-order valence-electron chi connectivity index (χ1n) is 5.69. The Kier molecular flexibility index (Phi) is 2.98. The van der Waals surface area contributed by atoms with Crippen LogP contribution in [0.2, 0.25) is 0 Å². The summed E-state index contributed by atoms with van der Waals surface area (Å²) in [5.74, 6) is 0.684. The van der Waals surface area contributed by atoms with Crippen LogP contribution in [-0.2, 0) is 5.41 Å². The Balaban J connectivity index is 2.49. The van der Waals surface area contributed by atoms with E-state index in [0.29, 0.717) is 5.88 Å². The Morgan fingerprint density at radius 3 is 2.62 bits per heavy atom. The van der Waals surface area contributed by atoms with Gasteiger partial charge in [-0.2, -0.15) is 0 Å². The van der Waals surface area contributed by atoms with Crippen LogP contribution in [0.3, 0.4) is 0 Å². The zero-order chi connectivity index (χ0) is 11.8. The minimum atomic E-state index is 0.0946. The van der Waals surface area contributed by atoms with Crippen LogP contribution in [0.25, 0.3) is 0 Å². The Bertz CT molecular complexity index is 420. The second kappa shape index (κ2) is 4.14. The highest BCUT2D eigenvalue weighted by atomic mass is 35.5. The minimum absolute atomic E-state index is 0.0946. The van der Waals surface area contributed by atoms with Crippen LogP contribution in [0.4, 0.5) is 5.69 Å². The second-order valence-corrected chi connectivity index (χ2v) is 5.15. The summed E-state index contributed by atoms with van der Waals surface area (Å²) in [4.78, 5) is 2.28. The zero-order valence-electron chi connectivity index (χ0n) is 10.1. The Morgan fingerprint density at radius 2 is 2.00 bits per heavy atom. The zero-order valence-corrected chi connectivity index (χ0v) is 10.9. The molecule has 1 nitrogen and oxygen atoms in total. The molecule has 1 heterocycles. The number of nitrogens with zero attached hydrogens (tertiary/aromatic N) is 1. The van der Waals surface area contributed by atoms with Crippen molar-refractivity contribution >= 4 is 17.3 Å². The van der Waals surface area contributed by atoms with Gasteiger partial charge >= 0.3 is 0 Å². The van der Waals surface area contributed by atoms with Crippen LogP contribution < -0.4 is 4.90 Å². The third kappa shape index (κ3) is 1.63. The molecule has 1 aliphatic heterocycles. The molecule has 2 heteroatoms. The van der Waals surface area contributed by atoms with Crippen LogP contribution in [0.5, 0.6) is 0 Å². The number of alkyl halides is 1. The lowest BCUT2D eigenvalue weighted by Gasteiger charge is -2.24. The molecule has 2 rings (SSSR count). The van der Waals surface area contributed by atoms with Crippen LogP contribution in [0, 0.1) is 0 Å². The molecule has 16 heavy (non-hydrogen) atoms. The standard InChI is InChI=1S/C14H18ClN/c1-14(2)11-7-4-5-8-12(11)16(3)13(14)9-6-10-15/h4-5,7-9H,6,10H2,1-3H3. The summed E-state index contributed by atoms with van der Waals surface area (Å²) in [5, 5.41) is 0. The lowest BCUT2D eigenvalue weighted by atomic mass is 9.83. The fourth-order valence-electron chi connectivity index (χ4n) is 2.56. The van der Waals surface area contributed by atoms with Crippen molar-refractivity contribution in [2.24, 2.45) is 0 Å². The predicted molar refractivity (Wildman–Crippen MR) is 71.3 cm³/mol. The number of hydrogen-bond donors (Lipinski definition) is 0. The summed E-state index contributed by atoms with van der Waals surface area (Å²) in [5.41, 5.74) is 4.17. The quantitative estimate of drug-likeness (QED) is 0.703. The van der Waals surface area contributed by atoms with Crippen molar-refractivity contribution in [1.82, 2.24) is 0 Å². The molecule has 0 atom stereocenters. The van der Waals surface area contributed by atoms with E-state index in [0.717, 1.165) is 6.42 Å². The number of halogens is 1. The highest BCUT2D eigenvalue weighted by Gasteiger charge is 2.37. The fourth-order valence-corrected chi connectivity index (χ4v) is 2.67. The summed E-state index contributed by atoms with van der Waals surface area (Å²) in [7, 11) is 2.13. The summed E-state index contributed by atoms with van der Waals surface area (Å²) < 4.78 is 0. The van der Waals surface area contributed by atoms with E-state index < -0.39 is 0 Å². The van der Waals surface area contributed by atoms with Gasteiger partial charge in [-0.1, -0.05) is 38.1 Å². The number of allylic oxidation sites excluding steroid dienone is 2. The summed E-state index contributed by atoms with van der Waals surface area (Å²) in [6.07, 6.45) is 3.19. The molecule has 0 aliphatic carbocycles.